The molecule has 0 radical (unpaired) electrons. The van der Waals surface area contributed by atoms with E-state index in [-0.39, 0.29) is 18.0 Å². The predicted octanol–water partition coefficient (Wildman–Crippen LogP) is 3.38. The Morgan fingerprint density at radius 1 is 1.22 bits per heavy atom. The van der Waals surface area contributed by atoms with Gasteiger partial charge in [0, 0.05) is 18.7 Å². The summed E-state index contributed by atoms with van der Waals surface area (Å²) < 4.78 is 11.5. The van der Waals surface area contributed by atoms with Crippen molar-refractivity contribution in [2.45, 2.75) is 53.2 Å². The summed E-state index contributed by atoms with van der Waals surface area (Å²) >= 11 is 0. The Balaban J connectivity index is 2.08. The van der Waals surface area contributed by atoms with E-state index in [2.05, 4.69) is 25.7 Å². The number of ketones is 1. The minimum atomic E-state index is 0.175. The topological polar surface area (TPSA) is 38.8 Å². The Morgan fingerprint density at radius 3 is 2.48 bits per heavy atom. The summed E-state index contributed by atoms with van der Waals surface area (Å²) in [5.74, 6) is 1.06. The molecule has 1 fully saturated rings. The first-order chi connectivity index (χ1) is 10.9. The molecule has 0 aliphatic carbocycles. The molecule has 2 unspecified atom stereocenters. The van der Waals surface area contributed by atoms with E-state index in [0.29, 0.717) is 13.2 Å². The molecule has 2 rings (SSSR count). The van der Waals surface area contributed by atoms with Crippen molar-refractivity contribution >= 4 is 5.78 Å². The largest absolute Gasteiger partial charge is 0.493 e. The second kappa shape index (κ2) is 7.93. The van der Waals surface area contributed by atoms with Crippen LogP contribution in [0, 0.1) is 13.8 Å². The molecule has 1 aliphatic heterocycles. The summed E-state index contributed by atoms with van der Waals surface area (Å²) in [7, 11) is 0. The van der Waals surface area contributed by atoms with Gasteiger partial charge in [0.2, 0.25) is 0 Å². The number of ether oxygens (including phenoxy) is 2. The lowest BCUT2D eigenvalue weighted by Gasteiger charge is -2.34. The van der Waals surface area contributed by atoms with E-state index < -0.39 is 0 Å². The number of nitrogens with zero attached hydrogens (tertiary/aromatic N) is 1. The lowest BCUT2D eigenvalue weighted by molar-refractivity contribution is -0.0652. The Hall–Kier alpha value is -1.39. The monoisotopic (exact) mass is 319 g/mol. The molecule has 1 aromatic rings. The standard InChI is InChI=1S/C19H29NO3/c1-6-7-22-19-9-13(2)17(8-14(19)3)18(21)12-20-10-15(4)23-16(5)11-20/h8-9,15-16H,6-7,10-12H2,1-5H3. The molecule has 0 saturated carbocycles. The van der Waals surface area contributed by atoms with Crippen LogP contribution in [0.1, 0.15) is 48.7 Å². The van der Waals surface area contributed by atoms with Crippen molar-refractivity contribution in [1.29, 1.82) is 0 Å². The van der Waals surface area contributed by atoms with Gasteiger partial charge in [0.05, 0.1) is 25.4 Å². The van der Waals surface area contributed by atoms with E-state index >= 15 is 0 Å². The van der Waals surface area contributed by atoms with Crippen molar-refractivity contribution in [2.24, 2.45) is 0 Å². The second-order valence-electron chi connectivity index (χ2n) is 6.66. The van der Waals surface area contributed by atoms with Crippen LogP contribution in [0.4, 0.5) is 0 Å². The molecule has 0 N–H and O–H groups in total. The first-order valence-electron chi connectivity index (χ1n) is 8.55. The Morgan fingerprint density at radius 2 is 1.87 bits per heavy atom. The molecular formula is C19H29NO3. The summed E-state index contributed by atoms with van der Waals surface area (Å²) in [6.45, 7) is 13.0. The summed E-state index contributed by atoms with van der Waals surface area (Å²) in [5.41, 5.74) is 2.82. The summed E-state index contributed by atoms with van der Waals surface area (Å²) in [4.78, 5) is 14.9. The Bertz CT molecular complexity index is 546. The maximum absolute atomic E-state index is 12.7. The highest BCUT2D eigenvalue weighted by atomic mass is 16.5. The number of Topliss-reactive ketones (excluding diaryl/α,β-unsaturated/α-hetero) is 1. The zero-order chi connectivity index (χ0) is 17.0. The normalized spacial score (nSPS) is 22.1. The van der Waals surface area contributed by atoms with E-state index in [4.69, 9.17) is 9.47 Å². The molecule has 1 aromatic carbocycles. The third kappa shape index (κ3) is 4.79. The SMILES string of the molecule is CCCOc1cc(C)c(C(=O)CN2CC(C)OC(C)C2)cc1C. The third-order valence-electron chi connectivity index (χ3n) is 4.15. The van der Waals surface area contributed by atoms with Gasteiger partial charge in [-0.3, -0.25) is 9.69 Å². The van der Waals surface area contributed by atoms with E-state index in [1.54, 1.807) is 0 Å². The zero-order valence-corrected chi connectivity index (χ0v) is 15.0. The van der Waals surface area contributed by atoms with Gasteiger partial charge < -0.3 is 9.47 Å². The van der Waals surface area contributed by atoms with Crippen LogP contribution in [0.15, 0.2) is 12.1 Å². The van der Waals surface area contributed by atoms with Crippen molar-refractivity contribution < 1.29 is 14.3 Å². The van der Waals surface area contributed by atoms with Gasteiger partial charge in [-0.15, -0.1) is 0 Å². The van der Waals surface area contributed by atoms with Crippen LogP contribution in [0.5, 0.6) is 5.75 Å². The number of carbonyl (C=O) groups is 1. The Labute approximate surface area is 139 Å². The summed E-state index contributed by atoms with van der Waals surface area (Å²) in [5, 5.41) is 0. The molecule has 1 heterocycles. The smallest absolute Gasteiger partial charge is 0.177 e. The molecule has 0 spiro atoms. The summed E-state index contributed by atoms with van der Waals surface area (Å²) in [6, 6.07) is 3.96. The molecule has 4 nitrogen and oxygen atoms in total. The molecule has 0 bridgehead atoms. The van der Waals surface area contributed by atoms with Crippen molar-refractivity contribution in [2.75, 3.05) is 26.2 Å². The van der Waals surface area contributed by atoms with Gasteiger partial charge in [0.1, 0.15) is 5.75 Å². The van der Waals surface area contributed by atoms with Gasteiger partial charge >= 0.3 is 0 Å². The molecule has 0 aromatic heterocycles. The number of benzene rings is 1. The van der Waals surface area contributed by atoms with E-state index in [1.165, 1.54) is 0 Å². The molecule has 4 heteroatoms. The molecular weight excluding hydrogens is 290 g/mol. The van der Waals surface area contributed by atoms with Crippen LogP contribution < -0.4 is 4.74 Å². The summed E-state index contributed by atoms with van der Waals surface area (Å²) in [6.07, 6.45) is 1.34. The maximum atomic E-state index is 12.7. The molecule has 1 aliphatic rings. The lowest BCUT2D eigenvalue weighted by Crippen LogP contribution is -2.47. The van der Waals surface area contributed by atoms with Crippen molar-refractivity contribution in [3.8, 4) is 5.75 Å². The second-order valence-corrected chi connectivity index (χ2v) is 6.66. The predicted molar refractivity (Wildman–Crippen MR) is 92.5 cm³/mol. The fraction of sp³-hybridized carbons (Fsp3) is 0.632. The lowest BCUT2D eigenvalue weighted by atomic mass is 10.0. The first kappa shape index (κ1) is 18.0. The number of aryl methyl sites for hydroxylation is 2. The van der Waals surface area contributed by atoms with Gasteiger partial charge in [0.25, 0.3) is 0 Å². The average Bonchev–Trinajstić information content (AvgIpc) is 2.46. The van der Waals surface area contributed by atoms with Gasteiger partial charge in [0.15, 0.2) is 5.78 Å². The highest BCUT2D eigenvalue weighted by molar-refractivity contribution is 5.99. The van der Waals surface area contributed by atoms with Crippen LogP contribution >= 0.6 is 0 Å². The molecule has 2 atom stereocenters. The molecule has 128 valence electrons. The third-order valence-corrected chi connectivity index (χ3v) is 4.15. The molecule has 23 heavy (non-hydrogen) atoms. The van der Waals surface area contributed by atoms with Gasteiger partial charge in [-0.25, -0.2) is 0 Å². The van der Waals surface area contributed by atoms with Crippen molar-refractivity contribution in [3.63, 3.8) is 0 Å². The molecule has 1 saturated heterocycles. The van der Waals surface area contributed by atoms with Crippen molar-refractivity contribution in [3.05, 3.63) is 28.8 Å². The molecule has 0 amide bonds. The minimum absolute atomic E-state index is 0.175. The van der Waals surface area contributed by atoms with Crippen LogP contribution in [0.25, 0.3) is 0 Å². The number of rotatable bonds is 6. The quantitative estimate of drug-likeness (QED) is 0.754. The van der Waals surface area contributed by atoms with Crippen LogP contribution in [0.2, 0.25) is 0 Å². The maximum Gasteiger partial charge on any atom is 0.177 e. The fourth-order valence-electron chi connectivity index (χ4n) is 3.16. The van der Waals surface area contributed by atoms with Gasteiger partial charge in [-0.05, 0) is 57.4 Å². The van der Waals surface area contributed by atoms with E-state index in [0.717, 1.165) is 42.0 Å². The number of carbonyl (C=O) groups excluding carboxylic acids is 1. The first-order valence-corrected chi connectivity index (χ1v) is 8.55. The highest BCUT2D eigenvalue weighted by Crippen LogP contribution is 2.24. The average molecular weight is 319 g/mol. The van der Waals surface area contributed by atoms with Gasteiger partial charge in [-0.1, -0.05) is 6.92 Å². The van der Waals surface area contributed by atoms with Crippen LogP contribution in [-0.2, 0) is 4.74 Å². The van der Waals surface area contributed by atoms with Crippen LogP contribution in [-0.4, -0.2) is 49.1 Å². The van der Waals surface area contributed by atoms with E-state index in [9.17, 15) is 4.79 Å². The van der Waals surface area contributed by atoms with Gasteiger partial charge in [-0.2, -0.15) is 0 Å². The van der Waals surface area contributed by atoms with E-state index in [1.807, 2.05) is 26.0 Å². The number of hydrogen-bond acceptors (Lipinski definition) is 4. The zero-order valence-electron chi connectivity index (χ0n) is 15.0. The number of hydrogen-bond donors (Lipinski definition) is 0. The Kier molecular flexibility index (Phi) is 6.19. The van der Waals surface area contributed by atoms with Crippen molar-refractivity contribution in [1.82, 2.24) is 4.90 Å². The van der Waals surface area contributed by atoms with Crippen LogP contribution in [0.3, 0.4) is 0 Å². The minimum Gasteiger partial charge on any atom is -0.493 e. The highest BCUT2D eigenvalue weighted by Gasteiger charge is 2.24. The number of morpholine rings is 1. The fourth-order valence-corrected chi connectivity index (χ4v) is 3.16.